The molecule has 1 atom stereocenters. The second-order valence-electron chi connectivity index (χ2n) is 8.06. The van der Waals surface area contributed by atoms with Gasteiger partial charge in [0.1, 0.15) is 6.61 Å². The van der Waals surface area contributed by atoms with Crippen LogP contribution in [0.15, 0.2) is 30.3 Å². The highest BCUT2D eigenvalue weighted by molar-refractivity contribution is 5.67. The van der Waals surface area contributed by atoms with Crippen LogP contribution in [0.25, 0.3) is 0 Å². The van der Waals surface area contributed by atoms with Gasteiger partial charge in [0.2, 0.25) is 0 Å². The molecule has 3 fully saturated rings. The Morgan fingerprint density at radius 3 is 2.50 bits per heavy atom. The smallest absolute Gasteiger partial charge is 0.410 e. The predicted octanol–water partition coefficient (Wildman–Crippen LogP) is 2.82. The van der Waals surface area contributed by atoms with Crippen LogP contribution in [0.2, 0.25) is 0 Å². The second kappa shape index (κ2) is 8.40. The van der Waals surface area contributed by atoms with Crippen LogP contribution in [-0.4, -0.2) is 72.6 Å². The van der Waals surface area contributed by atoms with Crippen LogP contribution < -0.4 is 0 Å². The monoisotopic (exact) mass is 357 g/mol. The standard InChI is InChI=1S/C21H31N3O2/c25-21(26-17-18-5-2-1-3-6-18)23-13-11-22(12-14-23)15-19-7-4-10-24(16-19)20-8-9-20/h1-3,5-6,19-20H,4,7-17H2/t19-/m1/s1. The van der Waals surface area contributed by atoms with Crippen LogP contribution in [0.1, 0.15) is 31.2 Å². The van der Waals surface area contributed by atoms with E-state index in [0.29, 0.717) is 6.61 Å². The molecule has 2 aliphatic heterocycles. The Morgan fingerprint density at radius 2 is 1.77 bits per heavy atom. The minimum atomic E-state index is -0.175. The number of carbonyl (C=O) groups excluding carboxylic acids is 1. The first-order chi connectivity index (χ1) is 12.8. The molecular formula is C21H31N3O2. The van der Waals surface area contributed by atoms with Crippen molar-refractivity contribution in [1.82, 2.24) is 14.7 Å². The molecule has 1 saturated carbocycles. The normalized spacial score (nSPS) is 25.2. The van der Waals surface area contributed by atoms with Crippen molar-refractivity contribution in [2.75, 3.05) is 45.8 Å². The highest BCUT2D eigenvalue weighted by Gasteiger charge is 2.33. The molecule has 5 nitrogen and oxygen atoms in total. The lowest BCUT2D eigenvalue weighted by Crippen LogP contribution is -2.51. The van der Waals surface area contributed by atoms with Crippen molar-refractivity contribution in [3.63, 3.8) is 0 Å². The Bertz CT molecular complexity index is 582. The van der Waals surface area contributed by atoms with E-state index >= 15 is 0 Å². The summed E-state index contributed by atoms with van der Waals surface area (Å²) in [5.41, 5.74) is 1.04. The van der Waals surface area contributed by atoms with Gasteiger partial charge in [-0.3, -0.25) is 4.90 Å². The molecule has 0 radical (unpaired) electrons. The number of rotatable bonds is 5. The van der Waals surface area contributed by atoms with Gasteiger partial charge in [-0.05, 0) is 43.7 Å². The van der Waals surface area contributed by atoms with Gasteiger partial charge in [-0.2, -0.15) is 0 Å². The third-order valence-electron chi connectivity index (χ3n) is 5.97. The molecule has 1 amide bonds. The molecule has 2 heterocycles. The van der Waals surface area contributed by atoms with Crippen LogP contribution in [0.3, 0.4) is 0 Å². The molecule has 142 valence electrons. The summed E-state index contributed by atoms with van der Waals surface area (Å²) in [6.07, 6.45) is 5.37. The van der Waals surface area contributed by atoms with Gasteiger partial charge < -0.3 is 14.5 Å². The number of carbonyl (C=O) groups is 1. The first-order valence-corrected chi connectivity index (χ1v) is 10.2. The molecule has 0 bridgehead atoms. The van der Waals surface area contributed by atoms with Crippen molar-refractivity contribution in [2.45, 2.75) is 38.3 Å². The number of piperazine rings is 1. The molecule has 0 N–H and O–H groups in total. The molecule has 0 unspecified atom stereocenters. The summed E-state index contributed by atoms with van der Waals surface area (Å²) >= 11 is 0. The van der Waals surface area contributed by atoms with E-state index in [4.69, 9.17) is 4.74 Å². The molecule has 0 aromatic heterocycles. The predicted molar refractivity (Wildman–Crippen MR) is 102 cm³/mol. The van der Waals surface area contributed by atoms with Crippen molar-refractivity contribution < 1.29 is 9.53 Å². The average molecular weight is 357 g/mol. The number of amides is 1. The third kappa shape index (κ3) is 4.77. The lowest BCUT2D eigenvalue weighted by molar-refractivity contribution is 0.0603. The SMILES string of the molecule is O=C(OCc1ccccc1)N1CCN(C[C@H]2CCCN(C3CC3)C2)CC1. The average Bonchev–Trinajstić information content (AvgIpc) is 3.53. The molecule has 26 heavy (non-hydrogen) atoms. The number of hydrogen-bond donors (Lipinski definition) is 0. The summed E-state index contributed by atoms with van der Waals surface area (Å²) < 4.78 is 5.46. The number of benzene rings is 1. The molecular weight excluding hydrogens is 326 g/mol. The maximum absolute atomic E-state index is 12.3. The van der Waals surface area contributed by atoms with Crippen LogP contribution in [0.5, 0.6) is 0 Å². The summed E-state index contributed by atoms with van der Waals surface area (Å²) in [6, 6.07) is 10.8. The van der Waals surface area contributed by atoms with Crippen LogP contribution in [0.4, 0.5) is 4.79 Å². The maximum Gasteiger partial charge on any atom is 0.410 e. The Hall–Kier alpha value is -1.59. The zero-order chi connectivity index (χ0) is 17.8. The van der Waals surface area contributed by atoms with Gasteiger partial charge in [-0.15, -0.1) is 0 Å². The highest BCUT2D eigenvalue weighted by atomic mass is 16.6. The van der Waals surface area contributed by atoms with Crippen molar-refractivity contribution in [1.29, 1.82) is 0 Å². The number of likely N-dealkylation sites (tertiary alicyclic amines) is 1. The van der Waals surface area contributed by atoms with Crippen molar-refractivity contribution in [3.05, 3.63) is 35.9 Å². The largest absolute Gasteiger partial charge is 0.445 e. The van der Waals surface area contributed by atoms with E-state index in [2.05, 4.69) is 9.80 Å². The zero-order valence-electron chi connectivity index (χ0n) is 15.7. The van der Waals surface area contributed by atoms with Gasteiger partial charge in [0.25, 0.3) is 0 Å². The van der Waals surface area contributed by atoms with E-state index < -0.39 is 0 Å². The lowest BCUT2D eigenvalue weighted by atomic mass is 9.97. The van der Waals surface area contributed by atoms with E-state index in [1.807, 2.05) is 35.2 Å². The Kier molecular flexibility index (Phi) is 5.75. The first kappa shape index (κ1) is 17.8. The van der Waals surface area contributed by atoms with Gasteiger partial charge in [-0.1, -0.05) is 30.3 Å². The van der Waals surface area contributed by atoms with Crippen molar-refractivity contribution in [2.24, 2.45) is 5.92 Å². The summed E-state index contributed by atoms with van der Waals surface area (Å²) in [5.74, 6) is 0.806. The fourth-order valence-corrected chi connectivity index (χ4v) is 4.31. The third-order valence-corrected chi connectivity index (χ3v) is 5.97. The van der Waals surface area contributed by atoms with Crippen LogP contribution >= 0.6 is 0 Å². The fourth-order valence-electron chi connectivity index (χ4n) is 4.31. The molecule has 1 aliphatic carbocycles. The Morgan fingerprint density at radius 1 is 1.00 bits per heavy atom. The summed E-state index contributed by atoms with van der Waals surface area (Å²) in [4.78, 5) is 19.4. The number of nitrogens with zero attached hydrogens (tertiary/aromatic N) is 3. The molecule has 0 spiro atoms. The molecule has 1 aromatic rings. The quantitative estimate of drug-likeness (QED) is 0.812. The van der Waals surface area contributed by atoms with Gasteiger partial charge in [0.05, 0.1) is 0 Å². The van der Waals surface area contributed by atoms with Crippen LogP contribution in [-0.2, 0) is 11.3 Å². The molecule has 4 rings (SSSR count). The summed E-state index contributed by atoms with van der Waals surface area (Å²) in [5, 5.41) is 0. The second-order valence-corrected chi connectivity index (χ2v) is 8.06. The summed E-state index contributed by atoms with van der Waals surface area (Å²) in [6.45, 7) is 7.65. The van der Waals surface area contributed by atoms with Crippen molar-refractivity contribution in [3.8, 4) is 0 Å². The van der Waals surface area contributed by atoms with E-state index in [9.17, 15) is 4.79 Å². The Balaban J connectivity index is 1.17. The number of ether oxygens (including phenoxy) is 1. The van der Waals surface area contributed by atoms with Crippen LogP contribution in [0, 0.1) is 5.92 Å². The van der Waals surface area contributed by atoms with E-state index in [1.165, 1.54) is 45.3 Å². The minimum absolute atomic E-state index is 0.175. The molecule has 1 aromatic carbocycles. The van der Waals surface area contributed by atoms with Gasteiger partial charge in [0.15, 0.2) is 0 Å². The van der Waals surface area contributed by atoms with Gasteiger partial charge >= 0.3 is 6.09 Å². The molecule has 2 saturated heterocycles. The minimum Gasteiger partial charge on any atom is -0.445 e. The van der Waals surface area contributed by atoms with Crippen molar-refractivity contribution >= 4 is 6.09 Å². The lowest BCUT2D eigenvalue weighted by Gasteiger charge is -2.39. The zero-order valence-corrected chi connectivity index (χ0v) is 15.7. The summed E-state index contributed by atoms with van der Waals surface area (Å²) in [7, 11) is 0. The van der Waals surface area contributed by atoms with Gasteiger partial charge in [0, 0.05) is 45.3 Å². The molecule has 3 aliphatic rings. The van der Waals surface area contributed by atoms with E-state index in [-0.39, 0.29) is 6.09 Å². The van der Waals surface area contributed by atoms with Gasteiger partial charge in [-0.25, -0.2) is 4.79 Å². The van der Waals surface area contributed by atoms with E-state index in [1.54, 1.807) is 0 Å². The number of piperidine rings is 1. The first-order valence-electron chi connectivity index (χ1n) is 10.2. The highest BCUT2D eigenvalue weighted by Crippen LogP contribution is 2.31. The number of hydrogen-bond acceptors (Lipinski definition) is 4. The Labute approximate surface area is 156 Å². The topological polar surface area (TPSA) is 36.0 Å². The fraction of sp³-hybridized carbons (Fsp3) is 0.667. The molecule has 5 heteroatoms. The van der Waals surface area contributed by atoms with E-state index in [0.717, 1.165) is 43.7 Å². The maximum atomic E-state index is 12.3.